The van der Waals surface area contributed by atoms with Crippen LogP contribution in [0.5, 0.6) is 0 Å². The summed E-state index contributed by atoms with van der Waals surface area (Å²) < 4.78 is 12.7. The van der Waals surface area contributed by atoms with Gasteiger partial charge >= 0.3 is 0 Å². The van der Waals surface area contributed by atoms with Gasteiger partial charge in [0.2, 0.25) is 0 Å². The highest BCUT2D eigenvalue weighted by atomic mass is 79.9. The SMILES string of the molecule is Fc1ccc(CCBr)c(CBr)c1. The van der Waals surface area contributed by atoms with Gasteiger partial charge < -0.3 is 0 Å². The van der Waals surface area contributed by atoms with Crippen molar-refractivity contribution in [3.05, 3.63) is 35.1 Å². The van der Waals surface area contributed by atoms with Crippen molar-refractivity contribution in [1.82, 2.24) is 0 Å². The van der Waals surface area contributed by atoms with Gasteiger partial charge in [0, 0.05) is 10.7 Å². The maximum atomic E-state index is 12.7. The molecule has 0 saturated heterocycles. The lowest BCUT2D eigenvalue weighted by Gasteiger charge is -2.04. The van der Waals surface area contributed by atoms with E-state index >= 15 is 0 Å². The number of aryl methyl sites for hydroxylation is 1. The molecule has 0 aromatic heterocycles. The molecule has 0 aliphatic rings. The molecule has 66 valence electrons. The van der Waals surface area contributed by atoms with Crippen molar-refractivity contribution in [3.8, 4) is 0 Å². The monoisotopic (exact) mass is 294 g/mol. The van der Waals surface area contributed by atoms with Gasteiger partial charge in [-0.2, -0.15) is 0 Å². The molecular weight excluding hydrogens is 287 g/mol. The second-order valence-corrected chi connectivity index (χ2v) is 3.84. The highest BCUT2D eigenvalue weighted by Crippen LogP contribution is 2.15. The Hall–Kier alpha value is 0.110. The summed E-state index contributed by atoms with van der Waals surface area (Å²) in [7, 11) is 0. The van der Waals surface area contributed by atoms with Crippen LogP contribution in [0.15, 0.2) is 18.2 Å². The summed E-state index contributed by atoms with van der Waals surface area (Å²) in [5, 5.41) is 1.63. The zero-order valence-electron chi connectivity index (χ0n) is 6.49. The van der Waals surface area contributed by atoms with E-state index in [1.807, 2.05) is 6.07 Å². The molecular formula is C9H9Br2F. The van der Waals surface area contributed by atoms with Crippen LogP contribution in [0.2, 0.25) is 0 Å². The molecule has 0 N–H and O–H groups in total. The molecule has 0 heterocycles. The third-order valence-electron chi connectivity index (χ3n) is 1.68. The van der Waals surface area contributed by atoms with Gasteiger partial charge in [-0.3, -0.25) is 0 Å². The van der Waals surface area contributed by atoms with Gasteiger partial charge in [-0.25, -0.2) is 4.39 Å². The molecule has 1 aromatic rings. The van der Waals surface area contributed by atoms with Crippen LogP contribution >= 0.6 is 31.9 Å². The summed E-state index contributed by atoms with van der Waals surface area (Å²) in [6.07, 6.45) is 0.946. The largest absolute Gasteiger partial charge is 0.207 e. The first-order chi connectivity index (χ1) is 5.77. The van der Waals surface area contributed by atoms with E-state index in [0.29, 0.717) is 5.33 Å². The van der Waals surface area contributed by atoms with Crippen molar-refractivity contribution in [2.75, 3.05) is 5.33 Å². The number of benzene rings is 1. The van der Waals surface area contributed by atoms with E-state index in [4.69, 9.17) is 0 Å². The van der Waals surface area contributed by atoms with Crippen LogP contribution in [0, 0.1) is 5.82 Å². The van der Waals surface area contributed by atoms with Crippen LogP contribution < -0.4 is 0 Å². The first-order valence-electron chi connectivity index (χ1n) is 3.67. The van der Waals surface area contributed by atoms with Crippen LogP contribution in [-0.4, -0.2) is 5.33 Å². The number of hydrogen-bond donors (Lipinski definition) is 0. The number of alkyl halides is 2. The van der Waals surface area contributed by atoms with E-state index < -0.39 is 0 Å². The number of halogens is 3. The summed E-state index contributed by atoms with van der Waals surface area (Å²) in [6.45, 7) is 0. The Labute approximate surface area is 88.4 Å². The van der Waals surface area contributed by atoms with Gasteiger partial charge in [-0.15, -0.1) is 0 Å². The summed E-state index contributed by atoms with van der Waals surface area (Å²) in [5.41, 5.74) is 2.24. The maximum absolute atomic E-state index is 12.7. The smallest absolute Gasteiger partial charge is 0.123 e. The van der Waals surface area contributed by atoms with Gasteiger partial charge in [0.25, 0.3) is 0 Å². The third-order valence-corrected chi connectivity index (χ3v) is 2.68. The number of hydrogen-bond acceptors (Lipinski definition) is 0. The highest BCUT2D eigenvalue weighted by Gasteiger charge is 2.01. The molecule has 0 aliphatic heterocycles. The molecule has 0 atom stereocenters. The third kappa shape index (κ3) is 2.56. The summed E-state index contributed by atoms with van der Waals surface area (Å²) >= 11 is 6.69. The second kappa shape index (κ2) is 4.97. The van der Waals surface area contributed by atoms with E-state index in [-0.39, 0.29) is 5.82 Å². The Kier molecular flexibility index (Phi) is 4.22. The molecule has 0 unspecified atom stereocenters. The van der Waals surface area contributed by atoms with Crippen LogP contribution in [0.25, 0.3) is 0 Å². The predicted molar refractivity (Wildman–Crippen MR) is 56.5 cm³/mol. The minimum Gasteiger partial charge on any atom is -0.207 e. The fraction of sp³-hybridized carbons (Fsp3) is 0.333. The Morgan fingerprint density at radius 1 is 1.17 bits per heavy atom. The molecule has 0 spiro atoms. The lowest BCUT2D eigenvalue weighted by molar-refractivity contribution is 0.625. The number of rotatable bonds is 3. The quantitative estimate of drug-likeness (QED) is 0.747. The Morgan fingerprint density at radius 2 is 1.92 bits per heavy atom. The zero-order chi connectivity index (χ0) is 8.97. The van der Waals surface area contributed by atoms with Crippen molar-refractivity contribution in [2.45, 2.75) is 11.8 Å². The molecule has 0 saturated carbocycles. The molecule has 0 nitrogen and oxygen atoms in total. The fourth-order valence-electron chi connectivity index (χ4n) is 1.06. The molecule has 0 bridgehead atoms. The summed E-state index contributed by atoms with van der Waals surface area (Å²) in [4.78, 5) is 0. The van der Waals surface area contributed by atoms with E-state index in [9.17, 15) is 4.39 Å². The van der Waals surface area contributed by atoms with Crippen LogP contribution in [0.4, 0.5) is 4.39 Å². The van der Waals surface area contributed by atoms with E-state index in [1.165, 1.54) is 11.6 Å². The molecule has 3 heteroatoms. The van der Waals surface area contributed by atoms with Gasteiger partial charge in [-0.05, 0) is 29.7 Å². The molecule has 0 amide bonds. The normalized spacial score (nSPS) is 10.2. The van der Waals surface area contributed by atoms with E-state index in [2.05, 4.69) is 31.9 Å². The Bertz CT molecular complexity index is 261. The molecule has 1 aromatic carbocycles. The van der Waals surface area contributed by atoms with Crippen molar-refractivity contribution >= 4 is 31.9 Å². The standard InChI is InChI=1S/C9H9Br2F/c10-4-3-7-1-2-9(12)5-8(7)6-11/h1-2,5H,3-4,6H2. The lowest BCUT2D eigenvalue weighted by atomic mass is 10.1. The lowest BCUT2D eigenvalue weighted by Crippen LogP contribution is -1.93. The molecule has 0 fully saturated rings. The average molecular weight is 296 g/mol. The summed E-state index contributed by atoms with van der Waals surface area (Å²) in [6, 6.07) is 4.92. The Morgan fingerprint density at radius 3 is 2.50 bits per heavy atom. The first kappa shape index (κ1) is 10.2. The van der Waals surface area contributed by atoms with Gasteiger partial charge in [0.15, 0.2) is 0 Å². The minimum absolute atomic E-state index is 0.164. The molecule has 0 radical (unpaired) electrons. The maximum Gasteiger partial charge on any atom is 0.123 e. The average Bonchev–Trinajstić information content (AvgIpc) is 2.08. The topological polar surface area (TPSA) is 0 Å². The zero-order valence-corrected chi connectivity index (χ0v) is 9.66. The first-order valence-corrected chi connectivity index (χ1v) is 5.91. The van der Waals surface area contributed by atoms with Crippen molar-refractivity contribution in [1.29, 1.82) is 0 Å². The van der Waals surface area contributed by atoms with E-state index in [0.717, 1.165) is 17.3 Å². The van der Waals surface area contributed by atoms with Crippen molar-refractivity contribution < 1.29 is 4.39 Å². The van der Waals surface area contributed by atoms with Crippen LogP contribution in [0.1, 0.15) is 11.1 Å². The molecule has 12 heavy (non-hydrogen) atoms. The predicted octanol–water partition coefficient (Wildman–Crippen LogP) is 3.66. The van der Waals surface area contributed by atoms with Crippen LogP contribution in [0.3, 0.4) is 0 Å². The van der Waals surface area contributed by atoms with Crippen molar-refractivity contribution in [2.24, 2.45) is 0 Å². The molecule has 0 aliphatic carbocycles. The second-order valence-electron chi connectivity index (χ2n) is 2.49. The van der Waals surface area contributed by atoms with E-state index in [1.54, 1.807) is 6.07 Å². The highest BCUT2D eigenvalue weighted by molar-refractivity contribution is 9.09. The summed E-state index contributed by atoms with van der Waals surface area (Å²) in [5.74, 6) is -0.164. The van der Waals surface area contributed by atoms with Crippen molar-refractivity contribution in [3.63, 3.8) is 0 Å². The fourth-order valence-corrected chi connectivity index (χ4v) is 2.01. The molecule has 1 rings (SSSR count). The van der Waals surface area contributed by atoms with Gasteiger partial charge in [0.1, 0.15) is 5.82 Å². The van der Waals surface area contributed by atoms with Gasteiger partial charge in [-0.1, -0.05) is 37.9 Å². The van der Waals surface area contributed by atoms with Gasteiger partial charge in [0.05, 0.1) is 0 Å². The van der Waals surface area contributed by atoms with Crippen LogP contribution in [-0.2, 0) is 11.8 Å². The Balaban J connectivity index is 2.94. The minimum atomic E-state index is -0.164.